The maximum Gasteiger partial charge on any atom is 0.339 e. The molecule has 7 heteroatoms. The van der Waals surface area contributed by atoms with Crippen LogP contribution in [0.5, 0.6) is 0 Å². The molecule has 0 saturated carbocycles. The van der Waals surface area contributed by atoms with Gasteiger partial charge in [-0.15, -0.1) is 0 Å². The average Bonchev–Trinajstić information content (AvgIpc) is 2.67. The second-order valence-corrected chi connectivity index (χ2v) is 8.02. The normalized spacial score (nSPS) is 12.3. The zero-order valence-electron chi connectivity index (χ0n) is 15.6. The van der Waals surface area contributed by atoms with Crippen molar-refractivity contribution in [2.45, 2.75) is 24.8 Å². The van der Waals surface area contributed by atoms with Gasteiger partial charge in [-0.1, -0.05) is 30.3 Å². The van der Waals surface area contributed by atoms with Crippen LogP contribution >= 0.6 is 0 Å². The number of hydrogen-bond donors (Lipinski definition) is 0. The predicted octanol–water partition coefficient (Wildman–Crippen LogP) is 2.86. The lowest BCUT2D eigenvalue weighted by molar-refractivity contribution is -0.140. The van der Waals surface area contributed by atoms with Crippen molar-refractivity contribution in [3.05, 3.63) is 65.7 Å². The Bertz CT molecular complexity index is 888. The highest BCUT2D eigenvalue weighted by Crippen LogP contribution is 2.22. The molecule has 0 spiro atoms. The van der Waals surface area contributed by atoms with Crippen molar-refractivity contribution in [1.29, 1.82) is 0 Å². The summed E-state index contributed by atoms with van der Waals surface area (Å²) in [5.74, 6) is -0.989. The van der Waals surface area contributed by atoms with Crippen LogP contribution in [-0.2, 0) is 19.4 Å². The highest BCUT2D eigenvalue weighted by Gasteiger charge is 2.28. The average molecular weight is 389 g/mol. The van der Waals surface area contributed by atoms with E-state index < -0.39 is 21.9 Å². The maximum absolute atomic E-state index is 12.8. The molecule has 1 atom stereocenters. The predicted molar refractivity (Wildman–Crippen MR) is 102 cm³/mol. The van der Waals surface area contributed by atoms with E-state index in [1.54, 1.807) is 29.2 Å². The van der Waals surface area contributed by atoms with Gasteiger partial charge in [0, 0.05) is 24.9 Å². The Hall–Kier alpha value is -2.67. The fourth-order valence-corrected chi connectivity index (χ4v) is 3.23. The molecule has 0 heterocycles. The lowest BCUT2D eigenvalue weighted by Crippen LogP contribution is -2.36. The van der Waals surface area contributed by atoms with Crippen molar-refractivity contribution < 1.29 is 22.7 Å². The van der Waals surface area contributed by atoms with E-state index in [1.807, 2.05) is 19.9 Å². The van der Waals surface area contributed by atoms with Crippen molar-refractivity contribution in [2.24, 2.45) is 0 Å². The molecule has 2 rings (SSSR count). The molecule has 0 aromatic heterocycles. The van der Waals surface area contributed by atoms with Crippen LogP contribution in [0, 0.1) is 0 Å². The van der Waals surface area contributed by atoms with Crippen molar-refractivity contribution in [1.82, 2.24) is 4.90 Å². The smallest absolute Gasteiger partial charge is 0.339 e. The van der Waals surface area contributed by atoms with Crippen molar-refractivity contribution in [2.75, 3.05) is 19.3 Å². The molecule has 2 aromatic carbocycles. The van der Waals surface area contributed by atoms with Crippen molar-refractivity contribution >= 4 is 21.7 Å². The van der Waals surface area contributed by atoms with Crippen LogP contribution in [0.15, 0.2) is 59.5 Å². The van der Waals surface area contributed by atoms with Gasteiger partial charge >= 0.3 is 5.97 Å². The van der Waals surface area contributed by atoms with Crippen LogP contribution < -0.4 is 0 Å². The number of likely N-dealkylation sites (N-methyl/N-ethyl adjacent to an activating group) is 1. The molecule has 0 N–H and O–H groups in total. The van der Waals surface area contributed by atoms with Gasteiger partial charge in [0.2, 0.25) is 6.10 Å². The van der Waals surface area contributed by atoms with Crippen molar-refractivity contribution in [3.8, 4) is 0 Å². The first-order valence-electron chi connectivity index (χ1n) is 8.62. The Morgan fingerprint density at radius 2 is 1.52 bits per heavy atom. The quantitative estimate of drug-likeness (QED) is 0.680. The van der Waals surface area contributed by atoms with Gasteiger partial charge in [0.1, 0.15) is 0 Å². The molecule has 0 radical (unpaired) electrons. The number of nitrogens with zero attached hydrogens (tertiary/aromatic N) is 1. The summed E-state index contributed by atoms with van der Waals surface area (Å²) in [6, 6.07) is 14.3. The van der Waals surface area contributed by atoms with Gasteiger partial charge in [0.25, 0.3) is 5.91 Å². The molecule has 27 heavy (non-hydrogen) atoms. The number of carbonyl (C=O) groups is 2. The number of carbonyl (C=O) groups excluding carboxylic acids is 2. The minimum atomic E-state index is -3.36. The van der Waals surface area contributed by atoms with E-state index in [0.717, 1.165) is 6.26 Å². The first-order chi connectivity index (χ1) is 12.8. The second kappa shape index (κ2) is 8.81. The second-order valence-electron chi connectivity index (χ2n) is 6.00. The molecule has 0 aliphatic carbocycles. The number of ether oxygens (including phenoxy) is 1. The van der Waals surface area contributed by atoms with Crippen LogP contribution in [0.4, 0.5) is 0 Å². The highest BCUT2D eigenvalue weighted by molar-refractivity contribution is 7.90. The SMILES string of the molecule is CCN(CC)C(=O)[C@@H](OC(=O)c1ccc(S(C)(=O)=O)cc1)c1ccccc1. The Labute approximate surface area is 159 Å². The number of esters is 1. The molecule has 0 fully saturated rings. The fourth-order valence-electron chi connectivity index (χ4n) is 2.60. The van der Waals surface area contributed by atoms with Gasteiger partial charge in [-0.3, -0.25) is 4.79 Å². The topological polar surface area (TPSA) is 80.8 Å². The van der Waals surface area contributed by atoms with Gasteiger partial charge in [-0.25, -0.2) is 13.2 Å². The molecule has 0 saturated heterocycles. The molecule has 0 aliphatic rings. The molecule has 0 aliphatic heterocycles. The molecular weight excluding hydrogens is 366 g/mol. The minimum absolute atomic E-state index is 0.109. The first kappa shape index (κ1) is 20.6. The summed E-state index contributed by atoms with van der Waals surface area (Å²) in [6.45, 7) is 4.71. The van der Waals surface area contributed by atoms with E-state index in [-0.39, 0.29) is 16.4 Å². The van der Waals surface area contributed by atoms with E-state index in [4.69, 9.17) is 4.74 Å². The monoisotopic (exact) mass is 389 g/mol. The van der Waals surface area contributed by atoms with E-state index in [9.17, 15) is 18.0 Å². The molecule has 0 unspecified atom stereocenters. The van der Waals surface area contributed by atoms with Crippen LogP contribution in [0.1, 0.15) is 35.9 Å². The summed E-state index contributed by atoms with van der Waals surface area (Å²) in [5.41, 5.74) is 0.756. The van der Waals surface area contributed by atoms with E-state index in [2.05, 4.69) is 0 Å². The summed E-state index contributed by atoms with van der Waals surface area (Å²) in [7, 11) is -3.36. The third-order valence-corrected chi connectivity index (χ3v) is 5.27. The maximum atomic E-state index is 12.8. The summed E-state index contributed by atoms with van der Waals surface area (Å²) in [6.07, 6.45) is 0.0299. The first-order valence-corrected chi connectivity index (χ1v) is 10.5. The molecule has 2 aromatic rings. The van der Waals surface area contributed by atoms with E-state index in [0.29, 0.717) is 18.7 Å². The molecule has 0 bridgehead atoms. The number of sulfone groups is 1. The summed E-state index contributed by atoms with van der Waals surface area (Å²) >= 11 is 0. The van der Waals surface area contributed by atoms with Gasteiger partial charge in [-0.05, 0) is 38.1 Å². The standard InChI is InChI=1S/C20H23NO5S/c1-4-21(5-2)19(22)18(15-9-7-6-8-10-15)26-20(23)16-11-13-17(14-12-16)27(3,24)25/h6-14,18H,4-5H2,1-3H3/t18-/m0/s1. The lowest BCUT2D eigenvalue weighted by atomic mass is 10.1. The Morgan fingerprint density at radius 3 is 2.00 bits per heavy atom. The van der Waals surface area contributed by atoms with Gasteiger partial charge in [-0.2, -0.15) is 0 Å². The molecule has 1 amide bonds. The minimum Gasteiger partial charge on any atom is -0.444 e. The highest BCUT2D eigenvalue weighted by atomic mass is 32.2. The Morgan fingerprint density at radius 1 is 0.963 bits per heavy atom. The third-order valence-electron chi connectivity index (χ3n) is 4.14. The zero-order chi connectivity index (χ0) is 20.0. The molecular formula is C20H23NO5S. The Balaban J connectivity index is 2.29. The Kier molecular flexibility index (Phi) is 6.74. The lowest BCUT2D eigenvalue weighted by Gasteiger charge is -2.25. The van der Waals surface area contributed by atoms with Gasteiger partial charge in [0.05, 0.1) is 10.5 Å². The molecule has 6 nitrogen and oxygen atoms in total. The number of benzene rings is 2. The van der Waals surface area contributed by atoms with Gasteiger partial charge in [0.15, 0.2) is 9.84 Å². The van der Waals surface area contributed by atoms with Crippen LogP contribution in [0.2, 0.25) is 0 Å². The van der Waals surface area contributed by atoms with Gasteiger partial charge < -0.3 is 9.64 Å². The van der Waals surface area contributed by atoms with E-state index >= 15 is 0 Å². The zero-order valence-corrected chi connectivity index (χ0v) is 16.4. The van der Waals surface area contributed by atoms with Crippen LogP contribution in [-0.4, -0.2) is 44.5 Å². The largest absolute Gasteiger partial charge is 0.444 e. The van der Waals surface area contributed by atoms with Crippen LogP contribution in [0.25, 0.3) is 0 Å². The number of hydrogen-bond acceptors (Lipinski definition) is 5. The summed E-state index contributed by atoms with van der Waals surface area (Å²) in [5, 5.41) is 0. The number of amides is 1. The fraction of sp³-hybridized carbons (Fsp3) is 0.300. The third kappa shape index (κ3) is 5.17. The summed E-state index contributed by atoms with van der Waals surface area (Å²) in [4.78, 5) is 27.1. The summed E-state index contributed by atoms with van der Waals surface area (Å²) < 4.78 is 28.6. The molecule has 144 valence electrons. The van der Waals surface area contributed by atoms with E-state index in [1.165, 1.54) is 24.3 Å². The van der Waals surface area contributed by atoms with Crippen molar-refractivity contribution in [3.63, 3.8) is 0 Å². The number of rotatable bonds is 7. The van der Waals surface area contributed by atoms with Crippen LogP contribution in [0.3, 0.4) is 0 Å².